The topological polar surface area (TPSA) is 90.4 Å². The lowest BCUT2D eigenvalue weighted by Crippen LogP contribution is -2.39. The van der Waals surface area contributed by atoms with Crippen molar-refractivity contribution in [1.82, 2.24) is 9.13 Å². The summed E-state index contributed by atoms with van der Waals surface area (Å²) in [6, 6.07) is 9.31. The summed E-state index contributed by atoms with van der Waals surface area (Å²) in [6.45, 7) is 0. The van der Waals surface area contributed by atoms with Crippen molar-refractivity contribution >= 4 is 17.5 Å². The van der Waals surface area contributed by atoms with Crippen LogP contribution in [0.2, 0.25) is 0 Å². The molecule has 0 fully saturated rings. The van der Waals surface area contributed by atoms with Crippen LogP contribution in [0.4, 0.5) is 11.4 Å². The Kier molecular flexibility index (Phi) is 4.44. The predicted molar refractivity (Wildman–Crippen MR) is 87.5 cm³/mol. The first kappa shape index (κ1) is 16.2. The maximum Gasteiger partial charge on any atom is 0.357 e. The first-order chi connectivity index (χ1) is 10.8. The molecule has 0 unspecified atom stereocenters. The van der Waals surface area contributed by atoms with Gasteiger partial charge >= 0.3 is 16.9 Å². The number of benzene rings is 1. The lowest BCUT2D eigenvalue weighted by molar-refractivity contribution is -0.387. The van der Waals surface area contributed by atoms with E-state index in [9.17, 15) is 19.7 Å². The molecule has 0 amide bonds. The fraction of sp³-hybridized carbons (Fsp3) is 0.200. The zero-order valence-corrected chi connectivity index (χ0v) is 13.0. The molecule has 120 valence electrons. The molecule has 1 heterocycles. The Morgan fingerprint density at radius 1 is 1.13 bits per heavy atom. The summed E-state index contributed by atoms with van der Waals surface area (Å²) in [7, 11) is 4.36. The molecule has 0 atom stereocenters. The largest absolute Gasteiger partial charge is 0.357 e. The number of anilines is 1. The van der Waals surface area contributed by atoms with Crippen LogP contribution in [0.15, 0.2) is 46.1 Å². The normalized spacial score (nSPS) is 10.9. The van der Waals surface area contributed by atoms with Crippen molar-refractivity contribution in [2.45, 2.75) is 0 Å². The van der Waals surface area contributed by atoms with Crippen molar-refractivity contribution in [1.29, 1.82) is 0 Å². The molecule has 2 aromatic rings. The molecule has 0 aliphatic carbocycles. The Bertz CT molecular complexity index is 881. The van der Waals surface area contributed by atoms with Crippen molar-refractivity contribution in [3.05, 3.63) is 73.2 Å². The number of aromatic nitrogens is 2. The molecule has 1 aromatic carbocycles. The molecule has 0 saturated heterocycles. The summed E-state index contributed by atoms with van der Waals surface area (Å²) in [6.07, 6.45) is 2.95. The summed E-state index contributed by atoms with van der Waals surface area (Å²) < 4.78 is 1.80. The first-order valence-corrected chi connectivity index (χ1v) is 6.75. The number of hydrogen-bond acceptors (Lipinski definition) is 5. The maximum absolute atomic E-state index is 12.0. The second kappa shape index (κ2) is 6.30. The van der Waals surface area contributed by atoms with E-state index in [-0.39, 0.29) is 5.69 Å². The van der Waals surface area contributed by atoms with Crippen molar-refractivity contribution in [3.63, 3.8) is 0 Å². The highest BCUT2D eigenvalue weighted by Gasteiger charge is 2.23. The Labute approximate surface area is 131 Å². The van der Waals surface area contributed by atoms with Crippen LogP contribution < -0.4 is 16.1 Å². The van der Waals surface area contributed by atoms with E-state index in [0.717, 1.165) is 14.8 Å². The minimum absolute atomic E-state index is 0.0501. The fourth-order valence-electron chi connectivity index (χ4n) is 2.14. The summed E-state index contributed by atoms with van der Waals surface area (Å²) >= 11 is 0. The Morgan fingerprint density at radius 3 is 2.30 bits per heavy atom. The van der Waals surface area contributed by atoms with Crippen LogP contribution in [0.1, 0.15) is 5.69 Å². The molecule has 0 N–H and O–H groups in total. The zero-order valence-electron chi connectivity index (χ0n) is 13.0. The Hall–Kier alpha value is -3.16. The minimum atomic E-state index is -0.930. The van der Waals surface area contributed by atoms with Crippen molar-refractivity contribution in [2.75, 3.05) is 11.9 Å². The molecular weight excluding hydrogens is 300 g/mol. The molecule has 0 aliphatic rings. The molecule has 0 aliphatic heterocycles. The van der Waals surface area contributed by atoms with E-state index in [0.29, 0.717) is 0 Å². The van der Waals surface area contributed by atoms with Crippen LogP contribution in [0.25, 0.3) is 6.08 Å². The number of hydrogen-bond donors (Lipinski definition) is 0. The van der Waals surface area contributed by atoms with Gasteiger partial charge in [-0.2, -0.15) is 0 Å². The van der Waals surface area contributed by atoms with Crippen LogP contribution >= 0.6 is 0 Å². The minimum Gasteiger partial charge on any atom is -0.351 e. The van der Waals surface area contributed by atoms with Gasteiger partial charge in [0.15, 0.2) is 0 Å². The molecule has 0 saturated carbocycles. The Balaban J connectivity index is 2.56. The molecule has 8 heteroatoms. The van der Waals surface area contributed by atoms with Gasteiger partial charge in [0, 0.05) is 33.0 Å². The average molecular weight is 316 g/mol. The average Bonchev–Trinajstić information content (AvgIpc) is 2.55. The molecule has 2 rings (SSSR count). The Morgan fingerprint density at radius 2 is 1.74 bits per heavy atom. The van der Waals surface area contributed by atoms with Crippen molar-refractivity contribution in [2.24, 2.45) is 14.1 Å². The van der Waals surface area contributed by atoms with Gasteiger partial charge in [-0.1, -0.05) is 18.2 Å². The first-order valence-electron chi connectivity index (χ1n) is 6.75. The van der Waals surface area contributed by atoms with E-state index >= 15 is 0 Å². The summed E-state index contributed by atoms with van der Waals surface area (Å²) in [5, 5.41) is 11.2. The van der Waals surface area contributed by atoms with Gasteiger partial charge in [0.25, 0.3) is 0 Å². The van der Waals surface area contributed by atoms with Crippen LogP contribution in [-0.2, 0) is 14.1 Å². The fourth-order valence-corrected chi connectivity index (χ4v) is 2.14. The van der Waals surface area contributed by atoms with Gasteiger partial charge < -0.3 is 4.90 Å². The van der Waals surface area contributed by atoms with Gasteiger partial charge in [-0.3, -0.25) is 24.0 Å². The highest BCUT2D eigenvalue weighted by Crippen LogP contribution is 2.15. The third kappa shape index (κ3) is 3.05. The summed E-state index contributed by atoms with van der Waals surface area (Å²) in [4.78, 5) is 36.1. The standard InChI is InChI=1S/C15H16N4O4/c1-16(11-7-5-4-6-8-11)10-9-12-13(19(22)23)14(20)18(3)15(21)17(12)2/h4-10H,1-3H3/b10-9+. The number of nitrogens with zero attached hydrogens (tertiary/aromatic N) is 4. The van der Waals surface area contributed by atoms with Crippen molar-refractivity contribution in [3.8, 4) is 0 Å². The van der Waals surface area contributed by atoms with E-state index in [2.05, 4.69) is 0 Å². The third-order valence-electron chi connectivity index (χ3n) is 3.49. The molecule has 1 aromatic heterocycles. The van der Waals surface area contributed by atoms with E-state index in [1.807, 2.05) is 30.3 Å². The zero-order chi connectivity index (χ0) is 17.1. The second-order valence-corrected chi connectivity index (χ2v) is 4.96. The molecular formula is C15H16N4O4. The lowest BCUT2D eigenvalue weighted by atomic mass is 10.3. The van der Waals surface area contributed by atoms with Crippen LogP contribution in [0.3, 0.4) is 0 Å². The monoisotopic (exact) mass is 316 g/mol. The molecule has 0 radical (unpaired) electrons. The van der Waals surface area contributed by atoms with Crippen molar-refractivity contribution < 1.29 is 4.92 Å². The number of rotatable bonds is 4. The van der Waals surface area contributed by atoms with E-state index in [1.165, 1.54) is 20.2 Å². The third-order valence-corrected chi connectivity index (χ3v) is 3.49. The molecule has 8 nitrogen and oxygen atoms in total. The van der Waals surface area contributed by atoms with Crippen LogP contribution in [0, 0.1) is 10.1 Å². The highest BCUT2D eigenvalue weighted by atomic mass is 16.6. The summed E-state index contributed by atoms with van der Waals surface area (Å²) in [5.74, 6) is 0. The lowest BCUT2D eigenvalue weighted by Gasteiger charge is -2.14. The molecule has 0 spiro atoms. The van der Waals surface area contributed by atoms with E-state index in [1.54, 1.807) is 18.1 Å². The quantitative estimate of drug-likeness (QED) is 0.622. The van der Waals surface area contributed by atoms with Gasteiger partial charge in [-0.05, 0) is 18.2 Å². The second-order valence-electron chi connectivity index (χ2n) is 4.96. The van der Waals surface area contributed by atoms with Gasteiger partial charge in [-0.15, -0.1) is 0 Å². The van der Waals surface area contributed by atoms with Gasteiger partial charge in [0.1, 0.15) is 5.69 Å². The van der Waals surface area contributed by atoms with Crippen LogP contribution in [-0.4, -0.2) is 21.1 Å². The SMILES string of the molecule is CN(/C=C/c1c([N+](=O)[O-])c(=O)n(C)c(=O)n1C)c1ccccc1. The smallest absolute Gasteiger partial charge is 0.351 e. The maximum atomic E-state index is 12.0. The number of para-hydroxylation sites is 1. The van der Waals surface area contributed by atoms with Crippen LogP contribution in [0.5, 0.6) is 0 Å². The van der Waals surface area contributed by atoms with Gasteiger partial charge in [0.05, 0.1) is 4.92 Å². The number of nitro groups is 1. The predicted octanol–water partition coefficient (Wildman–Crippen LogP) is 1.10. The van der Waals surface area contributed by atoms with Gasteiger partial charge in [-0.25, -0.2) is 4.79 Å². The van der Waals surface area contributed by atoms with E-state index < -0.39 is 21.9 Å². The molecule has 23 heavy (non-hydrogen) atoms. The van der Waals surface area contributed by atoms with E-state index in [4.69, 9.17) is 0 Å². The highest BCUT2D eigenvalue weighted by molar-refractivity contribution is 5.60. The summed E-state index contributed by atoms with van der Waals surface area (Å²) in [5.41, 5.74) is -1.37. The van der Waals surface area contributed by atoms with Gasteiger partial charge in [0.2, 0.25) is 0 Å². The molecule has 0 bridgehead atoms.